The van der Waals surface area contributed by atoms with Gasteiger partial charge in [-0.05, 0) is 73.9 Å². The number of ether oxygens (including phenoxy) is 2. The van der Waals surface area contributed by atoms with Gasteiger partial charge in [0, 0.05) is 37.9 Å². The zero-order valence-corrected chi connectivity index (χ0v) is 20.2. The molecule has 0 atom stereocenters. The molecule has 34 heavy (non-hydrogen) atoms. The number of rotatable bonds is 8. The number of carbonyl (C=O) groups excluding carboxylic acids is 1. The second kappa shape index (κ2) is 10.8. The van der Waals surface area contributed by atoms with Crippen LogP contribution in [-0.2, 0) is 32.4 Å². The summed E-state index contributed by atoms with van der Waals surface area (Å²) in [5.74, 6) is -1.05. The predicted molar refractivity (Wildman–Crippen MR) is 127 cm³/mol. The largest absolute Gasteiger partial charge is 0.488 e. The first-order valence-electron chi connectivity index (χ1n) is 11.7. The number of fused-ring (bicyclic) bond motifs is 1. The Labute approximate surface area is 200 Å². The number of nitrogens with one attached hydrogen (secondary N) is 1. The monoisotopic (exact) mass is 490 g/mol. The first-order valence-corrected chi connectivity index (χ1v) is 13.2. The van der Waals surface area contributed by atoms with Crippen molar-refractivity contribution in [3.63, 3.8) is 0 Å². The third-order valence-electron chi connectivity index (χ3n) is 6.53. The first kappa shape index (κ1) is 24.6. The van der Waals surface area contributed by atoms with E-state index in [2.05, 4.69) is 5.32 Å². The number of carbonyl (C=O) groups is 1. The van der Waals surface area contributed by atoms with Gasteiger partial charge in [0.15, 0.2) is 11.6 Å². The second-order valence-corrected chi connectivity index (χ2v) is 10.7. The van der Waals surface area contributed by atoms with Crippen LogP contribution in [0.3, 0.4) is 0 Å². The smallest absolute Gasteiger partial charge is 0.243 e. The van der Waals surface area contributed by atoms with Crippen molar-refractivity contribution in [3.8, 4) is 5.75 Å². The van der Waals surface area contributed by atoms with Gasteiger partial charge in [0.05, 0.1) is 11.5 Å². The summed E-state index contributed by atoms with van der Waals surface area (Å²) in [7, 11) is -2.06. The van der Waals surface area contributed by atoms with Crippen molar-refractivity contribution in [3.05, 3.63) is 53.3 Å². The molecule has 1 aliphatic heterocycles. The van der Waals surface area contributed by atoms with E-state index in [0.29, 0.717) is 30.0 Å². The summed E-state index contributed by atoms with van der Waals surface area (Å²) in [6.45, 7) is 1.13. The van der Waals surface area contributed by atoms with Crippen molar-refractivity contribution in [2.24, 2.45) is 5.92 Å². The van der Waals surface area contributed by atoms with Crippen LogP contribution in [0, 0.1) is 11.7 Å². The highest BCUT2D eigenvalue weighted by molar-refractivity contribution is 7.89. The van der Waals surface area contributed by atoms with Crippen molar-refractivity contribution in [2.45, 2.75) is 43.4 Å². The van der Waals surface area contributed by atoms with E-state index in [0.717, 1.165) is 31.2 Å². The molecule has 0 bridgehead atoms. The number of hydrogen-bond donors (Lipinski definition) is 1. The molecular formula is C25H31FN2O5S. The van der Waals surface area contributed by atoms with Crippen LogP contribution in [-0.4, -0.2) is 52.0 Å². The van der Waals surface area contributed by atoms with E-state index in [1.807, 2.05) is 12.1 Å². The lowest BCUT2D eigenvalue weighted by Crippen LogP contribution is -2.41. The minimum atomic E-state index is -3.59. The van der Waals surface area contributed by atoms with Crippen molar-refractivity contribution in [2.75, 3.05) is 38.7 Å². The van der Waals surface area contributed by atoms with Crippen LogP contribution >= 0.6 is 0 Å². The fourth-order valence-corrected chi connectivity index (χ4v) is 6.07. The van der Waals surface area contributed by atoms with Gasteiger partial charge in [-0.3, -0.25) is 4.79 Å². The topological polar surface area (TPSA) is 84.9 Å². The first-order chi connectivity index (χ1) is 16.4. The lowest BCUT2D eigenvalue weighted by molar-refractivity contribution is -0.120. The average molecular weight is 491 g/mol. The molecule has 7 nitrogen and oxygen atoms in total. The Balaban J connectivity index is 1.33. The van der Waals surface area contributed by atoms with E-state index < -0.39 is 15.8 Å². The molecule has 2 aromatic rings. The molecule has 2 aliphatic rings. The minimum absolute atomic E-state index is 0.0933. The van der Waals surface area contributed by atoms with E-state index in [4.69, 9.17) is 9.47 Å². The summed E-state index contributed by atoms with van der Waals surface area (Å²) in [6.07, 6.45) is 4.98. The summed E-state index contributed by atoms with van der Waals surface area (Å²) in [5, 5.41) is 2.74. The molecule has 1 heterocycles. The Bertz CT molecular complexity index is 1130. The van der Waals surface area contributed by atoms with Crippen LogP contribution in [0.5, 0.6) is 5.75 Å². The Morgan fingerprint density at radius 1 is 1.06 bits per heavy atom. The molecule has 184 valence electrons. The molecule has 1 fully saturated rings. The zero-order chi connectivity index (χ0) is 24.1. The number of halogens is 1. The van der Waals surface area contributed by atoms with Crippen molar-refractivity contribution in [1.29, 1.82) is 0 Å². The summed E-state index contributed by atoms with van der Waals surface area (Å²) in [5.41, 5.74) is 2.71. The van der Waals surface area contributed by atoms with Gasteiger partial charge in [0.1, 0.15) is 6.61 Å². The highest BCUT2D eigenvalue weighted by atomic mass is 32.2. The minimum Gasteiger partial charge on any atom is -0.488 e. The Morgan fingerprint density at radius 3 is 2.50 bits per heavy atom. The summed E-state index contributed by atoms with van der Waals surface area (Å²) >= 11 is 0. The number of amides is 1. The van der Waals surface area contributed by atoms with E-state index in [1.165, 1.54) is 29.1 Å². The fourth-order valence-electron chi connectivity index (χ4n) is 4.55. The molecule has 0 aromatic heterocycles. The lowest BCUT2D eigenvalue weighted by atomic mass is 9.92. The third kappa shape index (κ3) is 5.59. The van der Waals surface area contributed by atoms with Crippen LogP contribution in [0.2, 0.25) is 0 Å². The normalized spacial score (nSPS) is 17.2. The second-order valence-electron chi connectivity index (χ2n) is 8.79. The van der Waals surface area contributed by atoms with Crippen LogP contribution in [0.15, 0.2) is 41.3 Å². The van der Waals surface area contributed by atoms with Gasteiger partial charge in [0.2, 0.25) is 15.9 Å². The fraction of sp³-hybridized carbons (Fsp3) is 0.480. The Kier molecular flexibility index (Phi) is 7.85. The van der Waals surface area contributed by atoms with Crippen molar-refractivity contribution >= 4 is 21.6 Å². The number of hydrogen-bond acceptors (Lipinski definition) is 5. The number of methoxy groups -OCH3 is 1. The molecule has 1 saturated heterocycles. The molecule has 1 amide bonds. The summed E-state index contributed by atoms with van der Waals surface area (Å²) < 4.78 is 52.2. The zero-order valence-electron chi connectivity index (χ0n) is 19.4. The third-order valence-corrected chi connectivity index (χ3v) is 8.42. The molecule has 0 unspecified atom stereocenters. The van der Waals surface area contributed by atoms with Crippen molar-refractivity contribution < 1.29 is 27.1 Å². The van der Waals surface area contributed by atoms with Gasteiger partial charge < -0.3 is 14.8 Å². The predicted octanol–water partition coefficient (Wildman–Crippen LogP) is 3.77. The molecule has 1 N–H and O–H groups in total. The van der Waals surface area contributed by atoms with Gasteiger partial charge in [0.25, 0.3) is 0 Å². The number of anilines is 1. The number of sulfonamides is 1. The van der Waals surface area contributed by atoms with E-state index in [-0.39, 0.29) is 37.3 Å². The molecular weight excluding hydrogens is 459 g/mol. The van der Waals surface area contributed by atoms with Crippen molar-refractivity contribution in [1.82, 2.24) is 4.31 Å². The molecule has 2 aromatic carbocycles. The number of piperidine rings is 1. The van der Waals surface area contributed by atoms with E-state index >= 15 is 0 Å². The van der Waals surface area contributed by atoms with Gasteiger partial charge in [-0.15, -0.1) is 0 Å². The highest BCUT2D eigenvalue weighted by Gasteiger charge is 2.32. The van der Waals surface area contributed by atoms with E-state index in [9.17, 15) is 17.6 Å². The number of aryl methyl sites for hydroxylation is 2. The maximum absolute atomic E-state index is 14.2. The van der Waals surface area contributed by atoms with Crippen LogP contribution in [0.4, 0.5) is 10.1 Å². The molecule has 0 radical (unpaired) electrons. The molecule has 9 heteroatoms. The summed E-state index contributed by atoms with van der Waals surface area (Å²) in [6, 6.07) is 9.73. The van der Waals surface area contributed by atoms with Gasteiger partial charge in [-0.25, -0.2) is 12.8 Å². The van der Waals surface area contributed by atoms with Gasteiger partial charge >= 0.3 is 0 Å². The number of benzene rings is 2. The molecule has 0 saturated carbocycles. The lowest BCUT2D eigenvalue weighted by Gasteiger charge is -2.31. The average Bonchev–Trinajstić information content (AvgIpc) is 2.85. The van der Waals surface area contributed by atoms with Gasteiger partial charge in [-0.2, -0.15) is 4.31 Å². The van der Waals surface area contributed by atoms with E-state index in [1.54, 1.807) is 12.1 Å². The van der Waals surface area contributed by atoms with Crippen LogP contribution in [0.1, 0.15) is 36.8 Å². The Hall–Kier alpha value is -2.49. The summed E-state index contributed by atoms with van der Waals surface area (Å²) in [4.78, 5) is 13.0. The molecule has 1 aliphatic carbocycles. The van der Waals surface area contributed by atoms with Gasteiger partial charge in [-0.1, -0.05) is 6.07 Å². The molecule has 4 rings (SSSR count). The maximum Gasteiger partial charge on any atom is 0.243 e. The quantitative estimate of drug-likeness (QED) is 0.570. The maximum atomic E-state index is 14.2. The number of nitrogens with zero attached hydrogens (tertiary/aromatic N) is 1. The van der Waals surface area contributed by atoms with Crippen LogP contribution < -0.4 is 10.1 Å². The molecule has 0 spiro atoms. The standard InChI is InChI=1S/C25H31FN2O5S/c1-32-14-15-33-24-9-7-21(17-23(24)26)27-25(29)19-10-12-28(13-11-19)34(30,31)22-8-6-18-4-2-3-5-20(18)16-22/h6-9,16-17,19H,2-5,10-15H2,1H3,(H,27,29). The Morgan fingerprint density at radius 2 is 1.79 bits per heavy atom. The SMILES string of the molecule is COCCOc1ccc(NC(=O)C2CCN(S(=O)(=O)c3ccc4c(c3)CCCC4)CC2)cc1F. The van der Waals surface area contributed by atoms with Crippen LogP contribution in [0.25, 0.3) is 0 Å². The highest BCUT2D eigenvalue weighted by Crippen LogP contribution is 2.29.